The van der Waals surface area contributed by atoms with Crippen molar-refractivity contribution >= 4 is 45.6 Å². The number of aromatic nitrogens is 3. The van der Waals surface area contributed by atoms with Crippen LogP contribution >= 0.6 is 34.7 Å². The second-order valence-electron chi connectivity index (χ2n) is 4.37. The number of fused-ring (bicyclic) bond motifs is 1. The molecule has 0 saturated carbocycles. The highest BCUT2D eigenvalue weighted by Crippen LogP contribution is 2.30. The second-order valence-corrected chi connectivity index (χ2v) is 7.13. The first kappa shape index (κ1) is 14.6. The normalized spacial score (nSPS) is 11.0. The first-order chi connectivity index (χ1) is 10.2. The van der Waals surface area contributed by atoms with E-state index in [4.69, 9.17) is 16.3 Å². The first-order valence-electron chi connectivity index (χ1n) is 6.22. The molecule has 0 aliphatic heterocycles. The van der Waals surface area contributed by atoms with Gasteiger partial charge in [-0.3, -0.25) is 0 Å². The molecule has 3 aromatic rings. The zero-order valence-corrected chi connectivity index (χ0v) is 13.8. The van der Waals surface area contributed by atoms with E-state index in [1.54, 1.807) is 30.2 Å². The molecule has 0 saturated heterocycles. The van der Waals surface area contributed by atoms with Gasteiger partial charge in [0.15, 0.2) is 4.34 Å². The van der Waals surface area contributed by atoms with E-state index in [1.807, 2.05) is 25.1 Å². The molecule has 0 radical (unpaired) electrons. The van der Waals surface area contributed by atoms with Crippen LogP contribution < -0.4 is 4.74 Å². The summed E-state index contributed by atoms with van der Waals surface area (Å²) >= 11 is 9.47. The molecule has 2 heterocycles. The summed E-state index contributed by atoms with van der Waals surface area (Å²) in [6.45, 7) is 1.94. The van der Waals surface area contributed by atoms with Gasteiger partial charge in [0.25, 0.3) is 0 Å². The van der Waals surface area contributed by atoms with E-state index in [9.17, 15) is 0 Å². The van der Waals surface area contributed by atoms with Crippen LogP contribution in [-0.4, -0.2) is 22.3 Å². The monoisotopic (exact) mass is 337 g/mol. The molecule has 0 N–H and O–H groups in total. The van der Waals surface area contributed by atoms with Crippen molar-refractivity contribution in [3.63, 3.8) is 0 Å². The molecule has 0 fully saturated rings. The van der Waals surface area contributed by atoms with Crippen LogP contribution in [0.2, 0.25) is 5.15 Å². The van der Waals surface area contributed by atoms with Crippen LogP contribution in [-0.2, 0) is 5.75 Å². The summed E-state index contributed by atoms with van der Waals surface area (Å²) in [6.07, 6.45) is 0. The summed E-state index contributed by atoms with van der Waals surface area (Å²) < 4.78 is 6.14. The SMILES string of the molecule is COc1ccc2cc(CSc3nnc(C)s3)c(Cl)nc2c1. The minimum absolute atomic E-state index is 0.518. The Balaban J connectivity index is 1.86. The minimum Gasteiger partial charge on any atom is -0.497 e. The molecule has 0 atom stereocenters. The third kappa shape index (κ3) is 3.28. The van der Waals surface area contributed by atoms with Gasteiger partial charge in [-0.1, -0.05) is 34.7 Å². The fraction of sp³-hybridized carbons (Fsp3) is 0.214. The highest BCUT2D eigenvalue weighted by molar-refractivity contribution is 8.00. The lowest BCUT2D eigenvalue weighted by atomic mass is 10.1. The Morgan fingerprint density at radius 3 is 2.86 bits per heavy atom. The number of hydrogen-bond donors (Lipinski definition) is 0. The van der Waals surface area contributed by atoms with Crippen LogP contribution in [0.25, 0.3) is 10.9 Å². The Bertz CT molecular complexity index is 791. The van der Waals surface area contributed by atoms with Crippen molar-refractivity contribution in [2.75, 3.05) is 7.11 Å². The number of halogens is 1. The fourth-order valence-corrected chi connectivity index (χ4v) is 3.95. The van der Waals surface area contributed by atoms with E-state index in [0.717, 1.165) is 37.3 Å². The molecule has 4 nitrogen and oxygen atoms in total. The summed E-state index contributed by atoms with van der Waals surface area (Å²) in [7, 11) is 1.64. The van der Waals surface area contributed by atoms with Crippen LogP contribution in [0.15, 0.2) is 28.6 Å². The molecular weight excluding hydrogens is 326 g/mol. The molecule has 0 amide bonds. The number of benzene rings is 1. The van der Waals surface area contributed by atoms with E-state index in [0.29, 0.717) is 5.15 Å². The summed E-state index contributed by atoms with van der Waals surface area (Å²) in [5, 5.41) is 10.6. The number of ether oxygens (including phenoxy) is 1. The average molecular weight is 338 g/mol. The van der Waals surface area contributed by atoms with Gasteiger partial charge in [0.2, 0.25) is 0 Å². The van der Waals surface area contributed by atoms with Gasteiger partial charge in [-0.05, 0) is 25.1 Å². The standard InChI is InChI=1S/C14H12ClN3OS2/c1-8-17-18-14(21-8)20-7-10-5-9-3-4-11(19-2)6-12(9)16-13(10)15/h3-6H,7H2,1-2H3. The first-order valence-corrected chi connectivity index (χ1v) is 8.40. The minimum atomic E-state index is 0.518. The summed E-state index contributed by atoms with van der Waals surface area (Å²) in [6, 6.07) is 7.85. The smallest absolute Gasteiger partial charge is 0.174 e. The van der Waals surface area contributed by atoms with Crippen molar-refractivity contribution in [1.82, 2.24) is 15.2 Å². The van der Waals surface area contributed by atoms with E-state index in [2.05, 4.69) is 21.2 Å². The fourth-order valence-electron chi connectivity index (χ4n) is 1.87. The highest BCUT2D eigenvalue weighted by atomic mass is 35.5. The lowest BCUT2D eigenvalue weighted by molar-refractivity contribution is 0.415. The third-order valence-corrected chi connectivity index (χ3v) is 5.26. The maximum absolute atomic E-state index is 6.27. The van der Waals surface area contributed by atoms with E-state index in [1.165, 1.54) is 0 Å². The van der Waals surface area contributed by atoms with Gasteiger partial charge in [-0.15, -0.1) is 10.2 Å². The van der Waals surface area contributed by atoms with Gasteiger partial charge in [0, 0.05) is 22.8 Å². The number of aryl methyl sites for hydroxylation is 1. The summed E-state index contributed by atoms with van der Waals surface area (Å²) in [5.74, 6) is 1.50. The molecule has 0 bridgehead atoms. The van der Waals surface area contributed by atoms with E-state index < -0.39 is 0 Å². The molecule has 2 aromatic heterocycles. The van der Waals surface area contributed by atoms with Crippen molar-refractivity contribution < 1.29 is 4.74 Å². The quantitative estimate of drug-likeness (QED) is 0.523. The largest absolute Gasteiger partial charge is 0.497 e. The molecular formula is C14H12ClN3OS2. The number of thioether (sulfide) groups is 1. The van der Waals surface area contributed by atoms with Gasteiger partial charge >= 0.3 is 0 Å². The maximum atomic E-state index is 6.27. The average Bonchev–Trinajstić information content (AvgIpc) is 2.90. The Kier molecular flexibility index (Phi) is 4.28. The van der Waals surface area contributed by atoms with Gasteiger partial charge in [-0.25, -0.2) is 4.98 Å². The van der Waals surface area contributed by atoms with Crippen molar-refractivity contribution in [2.24, 2.45) is 0 Å². The Labute approximate surface area is 135 Å². The van der Waals surface area contributed by atoms with Gasteiger partial charge in [0.05, 0.1) is 12.6 Å². The number of rotatable bonds is 4. The Hall–Kier alpha value is -1.37. The predicted molar refractivity (Wildman–Crippen MR) is 87.5 cm³/mol. The Morgan fingerprint density at radius 1 is 1.29 bits per heavy atom. The maximum Gasteiger partial charge on any atom is 0.174 e. The molecule has 3 rings (SSSR count). The topological polar surface area (TPSA) is 47.9 Å². The molecule has 0 unspecified atom stereocenters. The molecule has 0 spiro atoms. The van der Waals surface area contributed by atoms with Crippen molar-refractivity contribution in [3.05, 3.63) is 40.0 Å². The third-order valence-electron chi connectivity index (χ3n) is 2.91. The molecule has 7 heteroatoms. The molecule has 21 heavy (non-hydrogen) atoms. The van der Waals surface area contributed by atoms with E-state index >= 15 is 0 Å². The van der Waals surface area contributed by atoms with Crippen LogP contribution in [0.3, 0.4) is 0 Å². The van der Waals surface area contributed by atoms with Crippen molar-refractivity contribution in [1.29, 1.82) is 0 Å². The zero-order chi connectivity index (χ0) is 14.8. The highest BCUT2D eigenvalue weighted by Gasteiger charge is 2.08. The van der Waals surface area contributed by atoms with E-state index in [-0.39, 0.29) is 0 Å². The van der Waals surface area contributed by atoms with Crippen LogP contribution in [0.4, 0.5) is 0 Å². The zero-order valence-electron chi connectivity index (χ0n) is 11.5. The van der Waals surface area contributed by atoms with Crippen LogP contribution in [0.1, 0.15) is 10.6 Å². The molecule has 0 aliphatic rings. The lowest BCUT2D eigenvalue weighted by Crippen LogP contribution is -1.90. The van der Waals surface area contributed by atoms with Crippen molar-refractivity contribution in [3.8, 4) is 5.75 Å². The molecule has 108 valence electrons. The number of methoxy groups -OCH3 is 1. The number of nitrogens with zero attached hydrogens (tertiary/aromatic N) is 3. The van der Waals surface area contributed by atoms with Crippen LogP contribution in [0, 0.1) is 6.92 Å². The van der Waals surface area contributed by atoms with Gasteiger partial charge in [-0.2, -0.15) is 0 Å². The molecule has 1 aromatic carbocycles. The molecule has 0 aliphatic carbocycles. The Morgan fingerprint density at radius 2 is 2.14 bits per heavy atom. The van der Waals surface area contributed by atoms with Gasteiger partial charge in [0.1, 0.15) is 15.9 Å². The lowest BCUT2D eigenvalue weighted by Gasteiger charge is -2.06. The summed E-state index contributed by atoms with van der Waals surface area (Å²) in [4.78, 5) is 4.44. The van der Waals surface area contributed by atoms with Gasteiger partial charge < -0.3 is 4.74 Å². The predicted octanol–water partition coefficient (Wildman–Crippen LogP) is 4.35. The number of hydrogen-bond acceptors (Lipinski definition) is 6. The second kappa shape index (κ2) is 6.17. The van der Waals surface area contributed by atoms with Crippen LogP contribution in [0.5, 0.6) is 5.75 Å². The number of pyridine rings is 1. The van der Waals surface area contributed by atoms with Crippen molar-refractivity contribution in [2.45, 2.75) is 17.0 Å². The summed E-state index contributed by atoms with van der Waals surface area (Å²) in [5.41, 5.74) is 1.83.